The van der Waals surface area contributed by atoms with Crippen molar-refractivity contribution in [2.24, 2.45) is 5.92 Å². The summed E-state index contributed by atoms with van der Waals surface area (Å²) in [6.07, 6.45) is 6.84. The molecule has 1 fully saturated rings. The van der Waals surface area contributed by atoms with Gasteiger partial charge in [-0.2, -0.15) is 0 Å². The molecule has 0 bridgehead atoms. The highest BCUT2D eigenvalue weighted by atomic mass is 35.5. The van der Waals surface area contributed by atoms with Gasteiger partial charge >= 0.3 is 0 Å². The van der Waals surface area contributed by atoms with Crippen LogP contribution in [-0.2, 0) is 0 Å². The fourth-order valence-electron chi connectivity index (χ4n) is 2.65. The number of rotatable bonds is 4. The van der Waals surface area contributed by atoms with E-state index in [1.54, 1.807) is 6.20 Å². The van der Waals surface area contributed by atoms with Crippen molar-refractivity contribution in [2.75, 3.05) is 11.9 Å². The van der Waals surface area contributed by atoms with Gasteiger partial charge in [-0.15, -0.1) is 0 Å². The summed E-state index contributed by atoms with van der Waals surface area (Å²) in [5, 5.41) is 14.0. The number of halogens is 1. The molecule has 19 heavy (non-hydrogen) atoms. The summed E-state index contributed by atoms with van der Waals surface area (Å²) in [7, 11) is 0. The minimum absolute atomic E-state index is 0.231. The van der Waals surface area contributed by atoms with E-state index >= 15 is 0 Å². The van der Waals surface area contributed by atoms with E-state index in [2.05, 4.69) is 22.2 Å². The minimum atomic E-state index is -0.616. The summed E-state index contributed by atoms with van der Waals surface area (Å²) in [5.74, 6) is 1.49. The number of aromatic nitrogens is 2. The zero-order chi connectivity index (χ0) is 13.9. The second-order valence-electron chi connectivity index (χ2n) is 5.60. The lowest BCUT2D eigenvalue weighted by atomic mass is 9.78. The molecule has 1 saturated carbocycles. The Bertz CT molecular complexity index is 431. The molecule has 5 heteroatoms. The number of aryl methyl sites for hydroxylation is 1. The summed E-state index contributed by atoms with van der Waals surface area (Å²) >= 11 is 5.79. The number of hydrogen-bond donors (Lipinski definition) is 2. The minimum Gasteiger partial charge on any atom is -0.388 e. The van der Waals surface area contributed by atoms with Gasteiger partial charge in [0, 0.05) is 18.3 Å². The zero-order valence-electron chi connectivity index (χ0n) is 11.6. The third-order valence-electron chi connectivity index (χ3n) is 4.14. The average Bonchev–Trinajstić information content (AvgIpc) is 2.41. The van der Waals surface area contributed by atoms with Gasteiger partial charge in [0.2, 0.25) is 5.28 Å². The van der Waals surface area contributed by atoms with Crippen LogP contribution in [0.2, 0.25) is 5.28 Å². The maximum atomic E-state index is 10.6. The summed E-state index contributed by atoms with van der Waals surface area (Å²) in [4.78, 5) is 8.08. The molecule has 4 nitrogen and oxygen atoms in total. The lowest BCUT2D eigenvalue weighted by Gasteiger charge is -2.36. The van der Waals surface area contributed by atoms with Crippen LogP contribution in [0.5, 0.6) is 0 Å². The van der Waals surface area contributed by atoms with E-state index in [0.717, 1.165) is 37.2 Å². The predicted molar refractivity (Wildman–Crippen MR) is 77.5 cm³/mol. The Hall–Kier alpha value is -0.870. The van der Waals surface area contributed by atoms with Crippen molar-refractivity contribution in [1.82, 2.24) is 9.97 Å². The fraction of sp³-hybridized carbons (Fsp3) is 0.714. The topological polar surface area (TPSA) is 58.0 Å². The molecule has 0 spiro atoms. The van der Waals surface area contributed by atoms with Gasteiger partial charge in [0.05, 0.1) is 5.60 Å². The van der Waals surface area contributed by atoms with E-state index in [-0.39, 0.29) is 5.28 Å². The van der Waals surface area contributed by atoms with E-state index in [0.29, 0.717) is 12.4 Å². The Morgan fingerprint density at radius 3 is 2.79 bits per heavy atom. The molecular formula is C14H22ClN3O. The van der Waals surface area contributed by atoms with Gasteiger partial charge in [-0.3, -0.25) is 0 Å². The first-order valence-electron chi connectivity index (χ1n) is 6.98. The smallest absolute Gasteiger partial charge is 0.224 e. The Labute approximate surface area is 119 Å². The van der Waals surface area contributed by atoms with Crippen molar-refractivity contribution in [3.8, 4) is 0 Å². The summed E-state index contributed by atoms with van der Waals surface area (Å²) in [6, 6.07) is 0. The van der Waals surface area contributed by atoms with Crippen molar-refractivity contribution in [1.29, 1.82) is 0 Å². The molecule has 0 amide bonds. The Kier molecular flexibility index (Phi) is 4.63. The molecule has 1 aromatic heterocycles. The molecule has 0 aliphatic heterocycles. The van der Waals surface area contributed by atoms with Crippen LogP contribution in [0.15, 0.2) is 6.20 Å². The van der Waals surface area contributed by atoms with E-state index in [9.17, 15) is 5.11 Å². The first kappa shape index (κ1) is 14.5. The van der Waals surface area contributed by atoms with Gasteiger partial charge in [-0.1, -0.05) is 13.3 Å². The second kappa shape index (κ2) is 6.06. The van der Waals surface area contributed by atoms with E-state index in [1.165, 1.54) is 6.42 Å². The highest BCUT2D eigenvalue weighted by Gasteiger charge is 2.32. The molecule has 0 unspecified atom stereocenters. The van der Waals surface area contributed by atoms with Gasteiger partial charge in [-0.05, 0) is 50.1 Å². The molecule has 2 N–H and O–H groups in total. The quantitative estimate of drug-likeness (QED) is 0.833. The first-order chi connectivity index (χ1) is 9.02. The normalized spacial score (nSPS) is 27.3. The molecule has 1 aromatic rings. The van der Waals surface area contributed by atoms with Gasteiger partial charge < -0.3 is 10.4 Å². The molecule has 2 rings (SSSR count). The number of anilines is 1. The SMILES string of the molecule is CCC1CCC(O)(CNc2nc(Cl)ncc2C)CC1. The lowest BCUT2D eigenvalue weighted by molar-refractivity contribution is 0.00222. The second-order valence-corrected chi connectivity index (χ2v) is 5.94. The zero-order valence-corrected chi connectivity index (χ0v) is 12.4. The molecule has 1 heterocycles. The number of aliphatic hydroxyl groups is 1. The highest BCUT2D eigenvalue weighted by Crippen LogP contribution is 2.33. The van der Waals surface area contributed by atoms with Crippen LogP contribution in [0.25, 0.3) is 0 Å². The Balaban J connectivity index is 1.93. The van der Waals surface area contributed by atoms with E-state index in [4.69, 9.17) is 11.6 Å². The molecule has 1 aliphatic rings. The molecule has 0 radical (unpaired) electrons. The monoisotopic (exact) mass is 283 g/mol. The fourth-order valence-corrected chi connectivity index (χ4v) is 2.78. The molecule has 0 saturated heterocycles. The molecule has 0 aromatic carbocycles. The molecule has 1 aliphatic carbocycles. The van der Waals surface area contributed by atoms with Crippen LogP contribution in [0.3, 0.4) is 0 Å². The van der Waals surface area contributed by atoms with Crippen molar-refractivity contribution in [3.63, 3.8) is 0 Å². The first-order valence-corrected chi connectivity index (χ1v) is 7.35. The summed E-state index contributed by atoms with van der Waals surface area (Å²) in [6.45, 7) is 4.67. The van der Waals surface area contributed by atoms with Crippen molar-refractivity contribution < 1.29 is 5.11 Å². The number of hydrogen-bond acceptors (Lipinski definition) is 4. The van der Waals surface area contributed by atoms with Crippen molar-refractivity contribution in [2.45, 2.75) is 51.6 Å². The van der Waals surface area contributed by atoms with E-state index in [1.807, 2.05) is 6.92 Å². The number of nitrogens with zero attached hydrogens (tertiary/aromatic N) is 2. The van der Waals surface area contributed by atoms with Crippen LogP contribution >= 0.6 is 11.6 Å². The highest BCUT2D eigenvalue weighted by molar-refractivity contribution is 6.28. The van der Waals surface area contributed by atoms with Gasteiger partial charge in [0.15, 0.2) is 0 Å². The molecule has 106 valence electrons. The number of nitrogens with one attached hydrogen (secondary N) is 1. The summed E-state index contributed by atoms with van der Waals surface area (Å²) in [5.41, 5.74) is 0.325. The molecular weight excluding hydrogens is 262 g/mol. The van der Waals surface area contributed by atoms with Crippen LogP contribution in [0.4, 0.5) is 5.82 Å². The average molecular weight is 284 g/mol. The lowest BCUT2D eigenvalue weighted by Crippen LogP contribution is -2.40. The Morgan fingerprint density at radius 2 is 2.16 bits per heavy atom. The largest absolute Gasteiger partial charge is 0.388 e. The van der Waals surface area contributed by atoms with Crippen LogP contribution in [0, 0.1) is 12.8 Å². The van der Waals surface area contributed by atoms with Crippen LogP contribution in [0.1, 0.15) is 44.6 Å². The van der Waals surface area contributed by atoms with Gasteiger partial charge in [0.1, 0.15) is 5.82 Å². The maximum Gasteiger partial charge on any atom is 0.224 e. The third-order valence-corrected chi connectivity index (χ3v) is 4.32. The van der Waals surface area contributed by atoms with E-state index < -0.39 is 5.60 Å². The predicted octanol–water partition coefficient (Wildman–Crippen LogP) is 3.18. The van der Waals surface area contributed by atoms with Crippen LogP contribution < -0.4 is 5.32 Å². The Morgan fingerprint density at radius 1 is 1.47 bits per heavy atom. The van der Waals surface area contributed by atoms with Gasteiger partial charge in [0.25, 0.3) is 0 Å². The maximum absolute atomic E-state index is 10.6. The third kappa shape index (κ3) is 3.80. The molecule has 0 atom stereocenters. The van der Waals surface area contributed by atoms with Gasteiger partial charge in [-0.25, -0.2) is 9.97 Å². The standard InChI is InChI=1S/C14H22ClN3O/c1-3-11-4-6-14(19,7-5-11)9-17-12-10(2)8-16-13(15)18-12/h8,11,19H,3-7,9H2,1-2H3,(H,16,17,18). The van der Waals surface area contributed by atoms with Crippen molar-refractivity contribution in [3.05, 3.63) is 17.0 Å². The summed E-state index contributed by atoms with van der Waals surface area (Å²) < 4.78 is 0. The van der Waals surface area contributed by atoms with Crippen molar-refractivity contribution >= 4 is 17.4 Å². The van der Waals surface area contributed by atoms with Crippen LogP contribution in [-0.4, -0.2) is 27.2 Å².